The number of carbonyl (C=O) groups excluding carboxylic acids is 1. The fourth-order valence-corrected chi connectivity index (χ4v) is 0.862. The summed E-state index contributed by atoms with van der Waals surface area (Å²) in [7, 11) is 0. The SMILES string of the molecule is CCC(CC)CC(N)=O.[NaH]. The Balaban J connectivity index is 0. The van der Waals surface area contributed by atoms with Crippen LogP contribution in [-0.4, -0.2) is 35.5 Å². The molecule has 0 fully saturated rings. The monoisotopic (exact) mass is 153 g/mol. The van der Waals surface area contributed by atoms with Gasteiger partial charge < -0.3 is 5.73 Å². The van der Waals surface area contributed by atoms with Crippen LogP contribution in [0.15, 0.2) is 0 Å². The molecule has 0 aromatic heterocycles. The van der Waals surface area contributed by atoms with E-state index in [0.29, 0.717) is 12.3 Å². The first-order valence-electron chi connectivity index (χ1n) is 3.49. The number of hydrogen-bond acceptors (Lipinski definition) is 1. The molecule has 0 bridgehead atoms. The van der Waals surface area contributed by atoms with Gasteiger partial charge in [-0.05, 0) is 5.92 Å². The molecule has 3 heteroatoms. The Hall–Kier alpha value is 0.470. The second-order valence-corrected chi connectivity index (χ2v) is 2.35. The summed E-state index contributed by atoms with van der Waals surface area (Å²) in [5.41, 5.74) is 5.01. The van der Waals surface area contributed by atoms with Crippen molar-refractivity contribution in [2.45, 2.75) is 33.1 Å². The van der Waals surface area contributed by atoms with Gasteiger partial charge in [0.05, 0.1) is 0 Å². The maximum absolute atomic E-state index is 10.3. The van der Waals surface area contributed by atoms with E-state index in [1.165, 1.54) is 0 Å². The predicted octanol–water partition coefficient (Wildman–Crippen LogP) is 0.649. The third-order valence-corrected chi connectivity index (χ3v) is 1.64. The van der Waals surface area contributed by atoms with Crippen molar-refractivity contribution in [2.24, 2.45) is 11.7 Å². The van der Waals surface area contributed by atoms with E-state index >= 15 is 0 Å². The molecule has 2 N–H and O–H groups in total. The van der Waals surface area contributed by atoms with Gasteiger partial charge >= 0.3 is 29.6 Å². The van der Waals surface area contributed by atoms with E-state index in [0.717, 1.165) is 12.8 Å². The molecule has 0 atom stereocenters. The van der Waals surface area contributed by atoms with E-state index in [1.807, 2.05) is 0 Å². The van der Waals surface area contributed by atoms with Crippen molar-refractivity contribution in [3.8, 4) is 0 Å². The van der Waals surface area contributed by atoms with Crippen LogP contribution in [0.4, 0.5) is 0 Å². The summed E-state index contributed by atoms with van der Waals surface area (Å²) in [5.74, 6) is 0.325. The zero-order valence-corrected chi connectivity index (χ0v) is 6.18. The van der Waals surface area contributed by atoms with Gasteiger partial charge in [-0.25, -0.2) is 0 Å². The molecule has 56 valence electrons. The Morgan fingerprint density at radius 3 is 1.90 bits per heavy atom. The molecule has 0 aromatic rings. The summed E-state index contributed by atoms with van der Waals surface area (Å²) >= 11 is 0. The quantitative estimate of drug-likeness (QED) is 0.592. The van der Waals surface area contributed by atoms with Crippen LogP contribution in [0.1, 0.15) is 33.1 Å². The third-order valence-electron chi connectivity index (χ3n) is 1.64. The van der Waals surface area contributed by atoms with E-state index in [1.54, 1.807) is 0 Å². The van der Waals surface area contributed by atoms with Crippen molar-refractivity contribution in [3.63, 3.8) is 0 Å². The van der Waals surface area contributed by atoms with Gasteiger partial charge in [-0.1, -0.05) is 26.7 Å². The van der Waals surface area contributed by atoms with Crippen LogP contribution >= 0.6 is 0 Å². The molecule has 0 rings (SSSR count). The van der Waals surface area contributed by atoms with E-state index in [9.17, 15) is 4.79 Å². The van der Waals surface area contributed by atoms with Gasteiger partial charge in [0.25, 0.3) is 0 Å². The van der Waals surface area contributed by atoms with Crippen molar-refractivity contribution in [3.05, 3.63) is 0 Å². The zero-order valence-electron chi connectivity index (χ0n) is 6.18. The summed E-state index contributed by atoms with van der Waals surface area (Å²) in [6, 6.07) is 0. The van der Waals surface area contributed by atoms with Gasteiger partial charge in [0, 0.05) is 6.42 Å². The van der Waals surface area contributed by atoms with Crippen molar-refractivity contribution >= 4 is 35.5 Å². The fraction of sp³-hybridized carbons (Fsp3) is 0.857. The Kier molecular flexibility index (Phi) is 9.92. The summed E-state index contributed by atoms with van der Waals surface area (Å²) in [5, 5.41) is 0. The van der Waals surface area contributed by atoms with Crippen LogP contribution in [0.5, 0.6) is 0 Å². The van der Waals surface area contributed by atoms with Crippen LogP contribution in [-0.2, 0) is 4.79 Å². The Morgan fingerprint density at radius 1 is 1.40 bits per heavy atom. The molecule has 0 heterocycles. The molecule has 0 aliphatic rings. The number of rotatable bonds is 4. The third kappa shape index (κ3) is 6.59. The molecule has 10 heavy (non-hydrogen) atoms. The van der Waals surface area contributed by atoms with Crippen LogP contribution in [0, 0.1) is 5.92 Å². The fourth-order valence-electron chi connectivity index (χ4n) is 0.862. The Labute approximate surface area is 84.8 Å². The van der Waals surface area contributed by atoms with Gasteiger partial charge in [-0.15, -0.1) is 0 Å². The topological polar surface area (TPSA) is 43.1 Å². The van der Waals surface area contributed by atoms with Crippen molar-refractivity contribution in [1.82, 2.24) is 0 Å². The second-order valence-electron chi connectivity index (χ2n) is 2.35. The van der Waals surface area contributed by atoms with E-state index < -0.39 is 0 Å². The molecule has 0 radical (unpaired) electrons. The molecular formula is C7H16NNaO. The van der Waals surface area contributed by atoms with Crippen LogP contribution in [0.2, 0.25) is 0 Å². The molecule has 0 saturated heterocycles. The first-order chi connectivity index (χ1) is 4.20. The van der Waals surface area contributed by atoms with Crippen molar-refractivity contribution in [1.29, 1.82) is 0 Å². The van der Waals surface area contributed by atoms with Crippen LogP contribution in [0.25, 0.3) is 0 Å². The zero-order chi connectivity index (χ0) is 7.28. The Bertz CT molecular complexity index is 91.6. The number of amides is 1. The van der Waals surface area contributed by atoms with Gasteiger partial charge in [0.15, 0.2) is 0 Å². The number of nitrogens with two attached hydrogens (primary N) is 1. The predicted molar refractivity (Wildman–Crippen MR) is 45.0 cm³/mol. The van der Waals surface area contributed by atoms with Gasteiger partial charge in [-0.3, -0.25) is 4.79 Å². The molecule has 0 saturated carbocycles. The molecule has 1 amide bonds. The average molecular weight is 153 g/mol. The van der Waals surface area contributed by atoms with E-state index in [2.05, 4.69) is 13.8 Å². The van der Waals surface area contributed by atoms with E-state index in [4.69, 9.17) is 5.73 Å². The Morgan fingerprint density at radius 2 is 1.80 bits per heavy atom. The second kappa shape index (κ2) is 7.58. The van der Waals surface area contributed by atoms with Crippen molar-refractivity contribution in [2.75, 3.05) is 0 Å². The summed E-state index contributed by atoms with van der Waals surface area (Å²) in [4.78, 5) is 10.3. The van der Waals surface area contributed by atoms with Crippen LogP contribution < -0.4 is 5.73 Å². The number of hydrogen-bond donors (Lipinski definition) is 1. The number of carbonyl (C=O) groups is 1. The average Bonchev–Trinajstić information content (AvgIpc) is 1.82. The molecular weight excluding hydrogens is 137 g/mol. The maximum atomic E-state index is 10.3. The number of primary amides is 1. The first kappa shape index (κ1) is 13.1. The minimum atomic E-state index is -0.177. The molecule has 0 spiro atoms. The molecule has 2 nitrogen and oxygen atoms in total. The summed E-state index contributed by atoms with van der Waals surface area (Å²) in [6.07, 6.45) is 2.66. The van der Waals surface area contributed by atoms with E-state index in [-0.39, 0.29) is 35.5 Å². The molecule has 0 aromatic carbocycles. The normalized spacial score (nSPS) is 9.10. The molecule has 0 aliphatic carbocycles. The molecule has 0 aliphatic heterocycles. The minimum absolute atomic E-state index is 0. The van der Waals surface area contributed by atoms with Gasteiger partial charge in [0.2, 0.25) is 5.91 Å². The first-order valence-corrected chi connectivity index (χ1v) is 3.49. The summed E-state index contributed by atoms with van der Waals surface area (Å²) < 4.78 is 0. The summed E-state index contributed by atoms with van der Waals surface area (Å²) in [6.45, 7) is 4.16. The van der Waals surface area contributed by atoms with Crippen LogP contribution in [0.3, 0.4) is 0 Å². The molecule has 0 unspecified atom stereocenters. The van der Waals surface area contributed by atoms with Crippen molar-refractivity contribution < 1.29 is 4.79 Å². The van der Waals surface area contributed by atoms with Gasteiger partial charge in [-0.2, -0.15) is 0 Å². The standard InChI is InChI=1S/C7H15NO.Na.H/c1-3-6(4-2)5-7(8)9;;/h6H,3-5H2,1-2H3,(H2,8,9);;. The van der Waals surface area contributed by atoms with Gasteiger partial charge in [0.1, 0.15) is 0 Å².